The minimum absolute atomic E-state index is 0.562. The van der Waals surface area contributed by atoms with Gasteiger partial charge in [0.2, 0.25) is 0 Å². The molecule has 52 heavy (non-hydrogen) atoms. The second-order valence-corrected chi connectivity index (χ2v) is 13.7. The summed E-state index contributed by atoms with van der Waals surface area (Å²) in [7, 11) is 0. The Kier molecular flexibility index (Phi) is 6.44. The Morgan fingerprint density at radius 3 is 2.27 bits per heavy atom. The summed E-state index contributed by atoms with van der Waals surface area (Å²) < 4.78 is 13.2. The van der Waals surface area contributed by atoms with Crippen LogP contribution in [0.1, 0.15) is 40.9 Å². The first kappa shape index (κ1) is 29.2. The number of allylic oxidation sites excluding steroid dienone is 2. The molecule has 2 aliphatic rings. The molecule has 246 valence electrons. The molecule has 3 aromatic heterocycles. The van der Waals surface area contributed by atoms with E-state index in [1.54, 1.807) is 0 Å². The Labute approximate surface area is 299 Å². The standard InChI is InChI=1S/C47H31N3O2/c1-2-13-30-25-31(24-23-28(30)11-1)45-48-46(38-20-10-19-36-35-16-5-7-21-40(35)52-44(36)38)50-47(49-45)39-26-32(34-18-9-14-29-12-3-4-15-33(29)34)27-42-43(39)37-17-6-8-22-41(37)51-42/h1-7,10-13,15-21,23-27H,8-9,14,22H2. The van der Waals surface area contributed by atoms with Gasteiger partial charge in [-0.1, -0.05) is 109 Å². The summed E-state index contributed by atoms with van der Waals surface area (Å²) in [6.07, 6.45) is 10.6. The van der Waals surface area contributed by atoms with Gasteiger partial charge >= 0.3 is 0 Å². The summed E-state index contributed by atoms with van der Waals surface area (Å²) in [5, 5.41) is 5.42. The van der Waals surface area contributed by atoms with Crippen molar-refractivity contribution in [3.63, 3.8) is 0 Å². The van der Waals surface area contributed by atoms with E-state index in [0.29, 0.717) is 17.5 Å². The van der Waals surface area contributed by atoms with Crippen molar-refractivity contribution < 1.29 is 8.83 Å². The second kappa shape index (κ2) is 11.5. The van der Waals surface area contributed by atoms with Crippen molar-refractivity contribution in [2.45, 2.75) is 25.7 Å². The summed E-state index contributed by atoms with van der Waals surface area (Å²) in [6.45, 7) is 0. The molecule has 0 atom stereocenters. The Morgan fingerprint density at radius 1 is 0.519 bits per heavy atom. The van der Waals surface area contributed by atoms with E-state index in [1.807, 2.05) is 24.3 Å². The molecule has 0 saturated carbocycles. The van der Waals surface area contributed by atoms with Gasteiger partial charge in [0.25, 0.3) is 0 Å². The van der Waals surface area contributed by atoms with E-state index in [9.17, 15) is 0 Å². The first-order valence-corrected chi connectivity index (χ1v) is 18.0. The van der Waals surface area contributed by atoms with Crippen LogP contribution >= 0.6 is 0 Å². The monoisotopic (exact) mass is 669 g/mol. The lowest BCUT2D eigenvalue weighted by molar-refractivity contribution is 0.546. The van der Waals surface area contributed by atoms with Crippen LogP contribution in [0, 0.1) is 0 Å². The van der Waals surface area contributed by atoms with Gasteiger partial charge in [-0.2, -0.15) is 0 Å². The second-order valence-electron chi connectivity index (χ2n) is 13.7. The highest BCUT2D eigenvalue weighted by molar-refractivity contribution is 6.09. The molecule has 5 nitrogen and oxygen atoms in total. The molecule has 0 aliphatic heterocycles. The van der Waals surface area contributed by atoms with Crippen molar-refractivity contribution >= 4 is 55.3 Å². The molecule has 2 aliphatic carbocycles. The fourth-order valence-corrected chi connectivity index (χ4v) is 8.16. The van der Waals surface area contributed by atoms with Crippen molar-refractivity contribution in [1.82, 2.24) is 15.0 Å². The molecule has 0 radical (unpaired) electrons. The molecule has 0 unspecified atom stereocenters. The van der Waals surface area contributed by atoms with Gasteiger partial charge in [0.1, 0.15) is 22.5 Å². The molecule has 0 fully saturated rings. The lowest BCUT2D eigenvalue weighted by Crippen LogP contribution is -2.03. The van der Waals surface area contributed by atoms with E-state index in [4.69, 9.17) is 23.8 Å². The van der Waals surface area contributed by atoms with Crippen molar-refractivity contribution in [1.29, 1.82) is 0 Å². The van der Waals surface area contributed by atoms with E-state index >= 15 is 0 Å². The van der Waals surface area contributed by atoms with Gasteiger partial charge in [-0.15, -0.1) is 0 Å². The zero-order valence-corrected chi connectivity index (χ0v) is 28.3. The molecule has 0 saturated heterocycles. The molecule has 11 rings (SSSR count). The SMILES string of the molecule is C1=Cc2c(oc3cc(C4=CCCc5ccccc54)cc(-c4nc(-c5ccc6ccccc6c5)nc(-c5cccc6c5oc5ccccc56)n4)c23)CC1. The van der Waals surface area contributed by atoms with Gasteiger partial charge in [0.05, 0.1) is 5.56 Å². The fourth-order valence-electron chi connectivity index (χ4n) is 8.16. The third-order valence-electron chi connectivity index (χ3n) is 10.6. The highest BCUT2D eigenvalue weighted by Gasteiger charge is 2.25. The van der Waals surface area contributed by atoms with Crippen molar-refractivity contribution in [3.8, 4) is 34.2 Å². The number of para-hydroxylation sites is 2. The third kappa shape index (κ3) is 4.59. The Hall–Kier alpha value is -6.59. The maximum Gasteiger partial charge on any atom is 0.167 e. The van der Waals surface area contributed by atoms with Crippen LogP contribution in [0.4, 0.5) is 0 Å². The predicted octanol–water partition coefficient (Wildman–Crippen LogP) is 12.0. The van der Waals surface area contributed by atoms with E-state index in [0.717, 1.165) is 97.6 Å². The Bertz CT molecular complexity index is 2980. The van der Waals surface area contributed by atoms with Crippen LogP contribution in [-0.4, -0.2) is 15.0 Å². The third-order valence-corrected chi connectivity index (χ3v) is 10.6. The highest BCUT2D eigenvalue weighted by Crippen LogP contribution is 2.43. The highest BCUT2D eigenvalue weighted by atomic mass is 16.3. The first-order valence-electron chi connectivity index (χ1n) is 18.0. The van der Waals surface area contributed by atoms with E-state index in [2.05, 4.69) is 115 Å². The molecule has 9 aromatic rings. The summed E-state index contributed by atoms with van der Waals surface area (Å²) in [6, 6.07) is 42.3. The lowest BCUT2D eigenvalue weighted by atomic mass is 9.85. The topological polar surface area (TPSA) is 65.0 Å². The normalized spacial score (nSPS) is 13.9. The molecular formula is C47H31N3O2. The summed E-state index contributed by atoms with van der Waals surface area (Å²) in [5.41, 5.74) is 11.2. The summed E-state index contributed by atoms with van der Waals surface area (Å²) >= 11 is 0. The quantitative estimate of drug-likeness (QED) is 0.187. The predicted molar refractivity (Wildman–Crippen MR) is 210 cm³/mol. The number of benzene rings is 6. The van der Waals surface area contributed by atoms with Crippen LogP contribution in [0.5, 0.6) is 0 Å². The minimum atomic E-state index is 0.562. The average molecular weight is 670 g/mol. The van der Waals surface area contributed by atoms with E-state index in [1.165, 1.54) is 22.1 Å². The number of fused-ring (bicyclic) bond motifs is 8. The van der Waals surface area contributed by atoms with Gasteiger partial charge < -0.3 is 8.83 Å². The van der Waals surface area contributed by atoms with Gasteiger partial charge in [-0.3, -0.25) is 0 Å². The van der Waals surface area contributed by atoms with Crippen LogP contribution in [0.3, 0.4) is 0 Å². The van der Waals surface area contributed by atoms with Crippen LogP contribution in [0.15, 0.2) is 142 Å². The smallest absolute Gasteiger partial charge is 0.167 e. The molecule has 3 heterocycles. The molecule has 0 N–H and O–H groups in total. The van der Waals surface area contributed by atoms with Crippen molar-refractivity contribution in [2.75, 3.05) is 0 Å². The van der Waals surface area contributed by atoms with Gasteiger partial charge in [-0.05, 0) is 82.6 Å². The van der Waals surface area contributed by atoms with E-state index in [-0.39, 0.29) is 0 Å². The number of hydrogen-bond acceptors (Lipinski definition) is 5. The number of aromatic nitrogens is 3. The van der Waals surface area contributed by atoms with Crippen molar-refractivity contribution in [3.05, 3.63) is 161 Å². The van der Waals surface area contributed by atoms with Crippen molar-refractivity contribution in [2.24, 2.45) is 0 Å². The first-order chi connectivity index (χ1) is 25.7. The largest absolute Gasteiger partial charge is 0.460 e. The van der Waals surface area contributed by atoms with Crippen LogP contribution < -0.4 is 0 Å². The summed E-state index contributed by atoms with van der Waals surface area (Å²) in [4.78, 5) is 15.8. The zero-order chi connectivity index (χ0) is 34.2. The maximum atomic E-state index is 6.68. The molecule has 0 amide bonds. The van der Waals surface area contributed by atoms with Gasteiger partial charge in [-0.25, -0.2) is 15.0 Å². The van der Waals surface area contributed by atoms with Gasteiger partial charge in [0, 0.05) is 39.3 Å². The average Bonchev–Trinajstić information content (AvgIpc) is 3.78. The maximum absolute atomic E-state index is 6.68. The molecule has 0 bridgehead atoms. The molecule has 0 spiro atoms. The molecule has 5 heteroatoms. The minimum Gasteiger partial charge on any atom is -0.460 e. The van der Waals surface area contributed by atoms with Crippen LogP contribution in [0.25, 0.3) is 89.5 Å². The zero-order valence-electron chi connectivity index (χ0n) is 28.3. The van der Waals surface area contributed by atoms with Crippen LogP contribution in [0.2, 0.25) is 0 Å². The Balaban J connectivity index is 1.20. The number of furan rings is 2. The number of nitrogens with zero attached hydrogens (tertiary/aromatic N) is 3. The lowest BCUT2D eigenvalue weighted by Gasteiger charge is -2.19. The number of hydrogen-bond donors (Lipinski definition) is 0. The fraction of sp³-hybridized carbons (Fsp3) is 0.0851. The number of rotatable bonds is 4. The summed E-state index contributed by atoms with van der Waals surface area (Å²) in [5.74, 6) is 2.77. The molecule has 6 aromatic carbocycles. The number of aryl methyl sites for hydroxylation is 2. The van der Waals surface area contributed by atoms with E-state index < -0.39 is 0 Å². The van der Waals surface area contributed by atoms with Gasteiger partial charge in [0.15, 0.2) is 17.5 Å². The molecular weight excluding hydrogens is 639 g/mol. The van der Waals surface area contributed by atoms with Crippen LogP contribution in [-0.2, 0) is 12.8 Å². The Morgan fingerprint density at radius 2 is 1.31 bits per heavy atom.